The monoisotopic (exact) mass is 287 g/mol. The van der Waals surface area contributed by atoms with Gasteiger partial charge < -0.3 is 16.0 Å². The Hall–Kier alpha value is -2.04. The Labute approximate surface area is 124 Å². The first-order chi connectivity index (χ1) is 10.2. The number of benzene rings is 1. The van der Waals surface area contributed by atoms with Gasteiger partial charge in [0, 0.05) is 31.2 Å². The van der Waals surface area contributed by atoms with Gasteiger partial charge in [-0.3, -0.25) is 9.59 Å². The summed E-state index contributed by atoms with van der Waals surface area (Å²) in [5, 5.41) is 9.05. The van der Waals surface area contributed by atoms with Gasteiger partial charge in [-0.2, -0.15) is 0 Å². The van der Waals surface area contributed by atoms with Crippen molar-refractivity contribution in [2.24, 2.45) is 11.8 Å². The predicted octanol–water partition coefficient (Wildman–Crippen LogP) is 0.913. The molecule has 5 nitrogen and oxygen atoms in total. The zero-order valence-corrected chi connectivity index (χ0v) is 12.0. The molecule has 3 rings (SSSR count). The lowest BCUT2D eigenvalue weighted by atomic mass is 9.93. The third kappa shape index (κ3) is 3.54. The van der Waals surface area contributed by atoms with Crippen LogP contribution in [0.5, 0.6) is 0 Å². The maximum absolute atomic E-state index is 12.1. The highest BCUT2D eigenvalue weighted by molar-refractivity contribution is 5.82. The first-order valence-corrected chi connectivity index (χ1v) is 7.61. The highest BCUT2D eigenvalue weighted by atomic mass is 16.2. The van der Waals surface area contributed by atoms with Gasteiger partial charge in [-0.25, -0.2) is 0 Å². The van der Waals surface area contributed by atoms with Crippen molar-refractivity contribution in [2.45, 2.75) is 19.3 Å². The van der Waals surface area contributed by atoms with Gasteiger partial charge in [-0.05, 0) is 30.9 Å². The van der Waals surface area contributed by atoms with E-state index in [0.717, 1.165) is 24.9 Å². The molecule has 1 aliphatic heterocycles. The molecule has 1 aliphatic carbocycles. The molecule has 0 aromatic heterocycles. The molecule has 5 heteroatoms. The predicted molar refractivity (Wildman–Crippen MR) is 80.9 cm³/mol. The van der Waals surface area contributed by atoms with E-state index in [0.29, 0.717) is 19.6 Å². The summed E-state index contributed by atoms with van der Waals surface area (Å²) >= 11 is 0. The van der Waals surface area contributed by atoms with Crippen molar-refractivity contribution in [3.05, 3.63) is 29.8 Å². The van der Waals surface area contributed by atoms with Crippen molar-refractivity contribution in [1.29, 1.82) is 0 Å². The Morgan fingerprint density at radius 2 is 1.71 bits per heavy atom. The first kappa shape index (κ1) is 13.9. The highest BCUT2D eigenvalue weighted by Gasteiger charge is 2.29. The smallest absolute Gasteiger partial charge is 0.225 e. The number of carbonyl (C=O) groups excluding carboxylic acids is 2. The van der Waals surface area contributed by atoms with E-state index in [-0.39, 0.29) is 23.7 Å². The molecule has 1 atom stereocenters. The van der Waals surface area contributed by atoms with Gasteiger partial charge in [-0.1, -0.05) is 18.2 Å². The molecular formula is C16H21N3O2. The third-order valence-electron chi connectivity index (χ3n) is 4.06. The topological polar surface area (TPSA) is 70.2 Å². The van der Waals surface area contributed by atoms with Crippen LogP contribution in [0.25, 0.3) is 0 Å². The molecule has 0 radical (unpaired) electrons. The normalized spacial score (nSPS) is 20.1. The van der Waals surface area contributed by atoms with Crippen LogP contribution in [-0.4, -0.2) is 31.4 Å². The van der Waals surface area contributed by atoms with E-state index in [1.165, 1.54) is 5.56 Å². The van der Waals surface area contributed by atoms with Crippen LogP contribution in [0.1, 0.15) is 18.4 Å². The molecule has 2 aliphatic rings. The van der Waals surface area contributed by atoms with E-state index < -0.39 is 0 Å². The number of hydrogen-bond donors (Lipinski definition) is 3. The van der Waals surface area contributed by atoms with E-state index in [9.17, 15) is 9.59 Å². The van der Waals surface area contributed by atoms with E-state index in [1.54, 1.807) is 0 Å². The van der Waals surface area contributed by atoms with Gasteiger partial charge in [0.25, 0.3) is 0 Å². The van der Waals surface area contributed by atoms with Gasteiger partial charge in [-0.15, -0.1) is 0 Å². The summed E-state index contributed by atoms with van der Waals surface area (Å²) < 4.78 is 0. The molecule has 21 heavy (non-hydrogen) atoms. The lowest BCUT2D eigenvalue weighted by Crippen LogP contribution is -2.41. The van der Waals surface area contributed by atoms with E-state index in [1.807, 2.05) is 18.2 Å². The minimum atomic E-state index is -0.0426. The second-order valence-corrected chi connectivity index (χ2v) is 5.80. The Kier molecular flexibility index (Phi) is 4.08. The van der Waals surface area contributed by atoms with Crippen molar-refractivity contribution in [3.8, 4) is 0 Å². The molecule has 0 spiro atoms. The third-order valence-corrected chi connectivity index (χ3v) is 4.06. The zero-order chi connectivity index (χ0) is 14.7. The number of anilines is 1. The van der Waals surface area contributed by atoms with Crippen LogP contribution in [0.3, 0.4) is 0 Å². The summed E-state index contributed by atoms with van der Waals surface area (Å²) in [7, 11) is 0. The maximum Gasteiger partial charge on any atom is 0.225 e. The number of rotatable bonds is 5. The van der Waals surface area contributed by atoms with Gasteiger partial charge >= 0.3 is 0 Å². The molecule has 0 saturated heterocycles. The molecular weight excluding hydrogens is 266 g/mol. The molecule has 0 bridgehead atoms. The summed E-state index contributed by atoms with van der Waals surface area (Å²) in [5.41, 5.74) is 2.31. The standard InChI is InChI=1S/C16H21N3O2/c20-15(11-5-6-11)17-7-8-18-16(21)13-9-12-3-1-2-4-14(12)19-10-13/h1-4,11,13,19H,5-10H2,(H,17,20)(H,18,21). The summed E-state index contributed by atoms with van der Waals surface area (Å²) in [6, 6.07) is 8.08. The fraction of sp³-hybridized carbons (Fsp3) is 0.500. The Balaban J connectivity index is 1.40. The largest absolute Gasteiger partial charge is 0.384 e. The van der Waals surface area contributed by atoms with E-state index >= 15 is 0 Å². The quantitative estimate of drug-likeness (QED) is 0.705. The highest BCUT2D eigenvalue weighted by Crippen LogP contribution is 2.28. The molecule has 1 saturated carbocycles. The fourth-order valence-electron chi connectivity index (χ4n) is 2.63. The summed E-state index contributed by atoms with van der Waals surface area (Å²) in [5.74, 6) is 0.356. The molecule has 1 aromatic rings. The average molecular weight is 287 g/mol. The van der Waals surface area contributed by atoms with Gasteiger partial charge in [0.05, 0.1) is 5.92 Å². The van der Waals surface area contributed by atoms with Crippen LogP contribution in [0, 0.1) is 11.8 Å². The van der Waals surface area contributed by atoms with Crippen LogP contribution >= 0.6 is 0 Å². The maximum atomic E-state index is 12.1. The van der Waals surface area contributed by atoms with Crippen molar-refractivity contribution >= 4 is 17.5 Å². The van der Waals surface area contributed by atoms with Crippen LogP contribution in [0.15, 0.2) is 24.3 Å². The van der Waals surface area contributed by atoms with Gasteiger partial charge in [0.15, 0.2) is 0 Å². The minimum Gasteiger partial charge on any atom is -0.384 e. The summed E-state index contributed by atoms with van der Waals surface area (Å²) in [6.45, 7) is 1.67. The Bertz CT molecular complexity index is 540. The van der Waals surface area contributed by atoms with E-state index in [4.69, 9.17) is 0 Å². The Morgan fingerprint density at radius 1 is 1.05 bits per heavy atom. The lowest BCUT2D eigenvalue weighted by Gasteiger charge is -2.25. The van der Waals surface area contributed by atoms with Crippen molar-refractivity contribution < 1.29 is 9.59 Å². The van der Waals surface area contributed by atoms with Crippen molar-refractivity contribution in [3.63, 3.8) is 0 Å². The SMILES string of the molecule is O=C(NCCNC(=O)C1CNc2ccccc2C1)C1CC1. The first-order valence-electron chi connectivity index (χ1n) is 7.61. The molecule has 2 amide bonds. The van der Waals surface area contributed by atoms with Gasteiger partial charge in [0.1, 0.15) is 0 Å². The molecule has 1 fully saturated rings. The van der Waals surface area contributed by atoms with Crippen molar-refractivity contribution in [1.82, 2.24) is 10.6 Å². The molecule has 1 unspecified atom stereocenters. The molecule has 112 valence electrons. The number of para-hydroxylation sites is 1. The van der Waals surface area contributed by atoms with Crippen LogP contribution in [0.2, 0.25) is 0 Å². The zero-order valence-electron chi connectivity index (χ0n) is 12.0. The molecule has 1 aromatic carbocycles. The fourth-order valence-corrected chi connectivity index (χ4v) is 2.63. The van der Waals surface area contributed by atoms with Crippen LogP contribution in [-0.2, 0) is 16.0 Å². The number of carbonyl (C=O) groups is 2. The molecule has 1 heterocycles. The lowest BCUT2D eigenvalue weighted by molar-refractivity contribution is -0.125. The Morgan fingerprint density at radius 3 is 2.43 bits per heavy atom. The van der Waals surface area contributed by atoms with Crippen LogP contribution < -0.4 is 16.0 Å². The summed E-state index contributed by atoms with van der Waals surface area (Å²) in [6.07, 6.45) is 2.78. The van der Waals surface area contributed by atoms with Gasteiger partial charge in [0.2, 0.25) is 11.8 Å². The number of hydrogen-bond acceptors (Lipinski definition) is 3. The number of nitrogens with one attached hydrogen (secondary N) is 3. The van der Waals surface area contributed by atoms with Crippen molar-refractivity contribution in [2.75, 3.05) is 25.0 Å². The second-order valence-electron chi connectivity index (χ2n) is 5.80. The number of amides is 2. The van der Waals surface area contributed by atoms with E-state index in [2.05, 4.69) is 22.0 Å². The average Bonchev–Trinajstić information content (AvgIpc) is 3.35. The van der Waals surface area contributed by atoms with Crippen LogP contribution in [0.4, 0.5) is 5.69 Å². The number of fused-ring (bicyclic) bond motifs is 1. The second kappa shape index (κ2) is 6.16. The summed E-state index contributed by atoms with van der Waals surface area (Å²) in [4.78, 5) is 23.6. The molecule has 3 N–H and O–H groups in total. The minimum absolute atomic E-state index is 0.0426.